The van der Waals surface area contributed by atoms with Crippen molar-refractivity contribution in [3.63, 3.8) is 0 Å². The number of carbonyl (C=O) groups excluding carboxylic acids is 1. The van der Waals surface area contributed by atoms with Gasteiger partial charge in [-0.2, -0.15) is 0 Å². The van der Waals surface area contributed by atoms with Gasteiger partial charge in [0.25, 0.3) is 11.6 Å². The van der Waals surface area contributed by atoms with Crippen LogP contribution < -0.4 is 5.32 Å². The Morgan fingerprint density at radius 2 is 2.23 bits per heavy atom. The summed E-state index contributed by atoms with van der Waals surface area (Å²) in [5.74, 6) is 0.303. The second kappa shape index (κ2) is 7.35. The number of amides is 1. The van der Waals surface area contributed by atoms with Crippen LogP contribution in [0.5, 0.6) is 0 Å². The third kappa shape index (κ3) is 4.27. The van der Waals surface area contributed by atoms with Gasteiger partial charge in [-0.1, -0.05) is 19.1 Å². The summed E-state index contributed by atoms with van der Waals surface area (Å²) in [5.41, 5.74) is -0.0369. The first-order valence-corrected chi connectivity index (χ1v) is 7.74. The molecule has 1 saturated heterocycles. The Labute approximate surface area is 130 Å². The minimum Gasteiger partial charge on any atom is -0.348 e. The van der Waals surface area contributed by atoms with Crippen molar-refractivity contribution in [3.05, 3.63) is 39.9 Å². The molecular weight excluding hydrogens is 282 g/mol. The lowest BCUT2D eigenvalue weighted by Crippen LogP contribution is -2.45. The molecule has 1 fully saturated rings. The van der Waals surface area contributed by atoms with Crippen molar-refractivity contribution >= 4 is 11.6 Å². The van der Waals surface area contributed by atoms with Gasteiger partial charge >= 0.3 is 0 Å². The lowest BCUT2D eigenvalue weighted by atomic mass is 10.00. The van der Waals surface area contributed by atoms with Gasteiger partial charge in [0.15, 0.2) is 0 Å². The molecule has 2 unspecified atom stereocenters. The van der Waals surface area contributed by atoms with E-state index in [9.17, 15) is 14.9 Å². The Morgan fingerprint density at radius 1 is 1.50 bits per heavy atom. The highest BCUT2D eigenvalue weighted by atomic mass is 16.6. The van der Waals surface area contributed by atoms with Crippen LogP contribution in [0.1, 0.15) is 37.0 Å². The molecule has 0 aromatic heterocycles. The fourth-order valence-corrected chi connectivity index (χ4v) is 3.01. The number of hydrogen-bond acceptors (Lipinski definition) is 4. The molecule has 6 nitrogen and oxygen atoms in total. The number of nitrogens with zero attached hydrogens (tertiary/aromatic N) is 2. The SMILES string of the molecule is CC1CCCN(CC(C)NC(=O)c2ccccc2[N+](=O)[O-])C1. The van der Waals surface area contributed by atoms with E-state index < -0.39 is 4.92 Å². The number of benzene rings is 1. The normalized spacial score (nSPS) is 20.4. The maximum Gasteiger partial charge on any atom is 0.282 e. The van der Waals surface area contributed by atoms with Crippen LogP contribution in [-0.2, 0) is 0 Å². The number of likely N-dealkylation sites (tertiary alicyclic amines) is 1. The fraction of sp³-hybridized carbons (Fsp3) is 0.562. The van der Waals surface area contributed by atoms with Gasteiger partial charge in [-0.05, 0) is 38.3 Å². The van der Waals surface area contributed by atoms with Crippen LogP contribution in [0.15, 0.2) is 24.3 Å². The van der Waals surface area contributed by atoms with E-state index in [0.29, 0.717) is 5.92 Å². The molecule has 1 heterocycles. The van der Waals surface area contributed by atoms with Gasteiger partial charge in [0.1, 0.15) is 5.56 Å². The molecule has 0 bridgehead atoms. The highest BCUT2D eigenvalue weighted by Crippen LogP contribution is 2.18. The number of piperidine rings is 1. The van der Waals surface area contributed by atoms with Crippen molar-refractivity contribution in [1.82, 2.24) is 10.2 Å². The number of nitro benzene ring substituents is 1. The standard InChI is InChI=1S/C16H23N3O3/c1-12-6-5-9-18(10-12)11-13(2)17-16(20)14-7-3-4-8-15(14)19(21)22/h3-4,7-8,12-13H,5-6,9-11H2,1-2H3,(H,17,20). The second-order valence-electron chi connectivity index (χ2n) is 6.16. The van der Waals surface area contributed by atoms with E-state index >= 15 is 0 Å². The minimum atomic E-state index is -0.522. The van der Waals surface area contributed by atoms with E-state index in [1.54, 1.807) is 12.1 Å². The summed E-state index contributed by atoms with van der Waals surface area (Å²) in [4.78, 5) is 25.1. The molecule has 22 heavy (non-hydrogen) atoms. The Kier molecular flexibility index (Phi) is 5.49. The van der Waals surface area contributed by atoms with Gasteiger partial charge < -0.3 is 10.2 Å². The number of hydrogen-bond donors (Lipinski definition) is 1. The lowest BCUT2D eigenvalue weighted by Gasteiger charge is -2.32. The molecule has 0 aliphatic carbocycles. The number of nitrogens with one attached hydrogen (secondary N) is 1. The molecule has 1 aliphatic rings. The van der Waals surface area contributed by atoms with Gasteiger partial charge in [-0.15, -0.1) is 0 Å². The highest BCUT2D eigenvalue weighted by Gasteiger charge is 2.22. The molecule has 1 aliphatic heterocycles. The Bertz CT molecular complexity index is 547. The molecule has 1 N–H and O–H groups in total. The van der Waals surface area contributed by atoms with Crippen molar-refractivity contribution in [2.45, 2.75) is 32.7 Å². The average molecular weight is 305 g/mol. The van der Waals surface area contributed by atoms with E-state index in [4.69, 9.17) is 0 Å². The van der Waals surface area contributed by atoms with E-state index in [0.717, 1.165) is 19.6 Å². The van der Waals surface area contributed by atoms with Crippen LogP contribution in [0.3, 0.4) is 0 Å². The molecule has 1 aromatic carbocycles. The average Bonchev–Trinajstić information content (AvgIpc) is 2.47. The number of para-hydroxylation sites is 1. The van der Waals surface area contributed by atoms with E-state index in [-0.39, 0.29) is 23.2 Å². The predicted octanol–water partition coefficient (Wildman–Crippen LogP) is 2.45. The van der Waals surface area contributed by atoms with Crippen LogP contribution in [0, 0.1) is 16.0 Å². The first-order chi connectivity index (χ1) is 10.5. The molecule has 0 saturated carbocycles. The van der Waals surface area contributed by atoms with Gasteiger partial charge in [0.2, 0.25) is 0 Å². The molecule has 6 heteroatoms. The smallest absolute Gasteiger partial charge is 0.282 e. The van der Waals surface area contributed by atoms with Gasteiger partial charge in [0, 0.05) is 25.2 Å². The maximum absolute atomic E-state index is 12.3. The van der Waals surface area contributed by atoms with E-state index in [1.165, 1.54) is 25.0 Å². The molecule has 2 rings (SSSR count). The molecule has 1 aromatic rings. The predicted molar refractivity (Wildman–Crippen MR) is 84.9 cm³/mol. The van der Waals surface area contributed by atoms with E-state index in [1.807, 2.05) is 6.92 Å². The summed E-state index contributed by atoms with van der Waals surface area (Å²) in [7, 11) is 0. The lowest BCUT2D eigenvalue weighted by molar-refractivity contribution is -0.385. The van der Waals surface area contributed by atoms with Gasteiger partial charge in [0.05, 0.1) is 4.92 Å². The molecular formula is C16H23N3O3. The molecule has 120 valence electrons. The summed E-state index contributed by atoms with van der Waals surface area (Å²) in [6, 6.07) is 6.00. The molecule has 0 radical (unpaired) electrons. The summed E-state index contributed by atoms with van der Waals surface area (Å²) >= 11 is 0. The van der Waals surface area contributed by atoms with Gasteiger partial charge in [-0.25, -0.2) is 0 Å². The minimum absolute atomic E-state index is 0.0439. The third-order valence-corrected chi connectivity index (χ3v) is 4.00. The summed E-state index contributed by atoms with van der Waals surface area (Å²) in [6.45, 7) is 7.05. The van der Waals surface area contributed by atoms with Crippen LogP contribution >= 0.6 is 0 Å². The second-order valence-corrected chi connectivity index (χ2v) is 6.16. The quantitative estimate of drug-likeness (QED) is 0.669. The van der Waals surface area contributed by atoms with Crippen molar-refractivity contribution in [3.8, 4) is 0 Å². The summed E-state index contributed by atoms with van der Waals surface area (Å²) in [5, 5.41) is 13.9. The first kappa shape index (κ1) is 16.4. The number of rotatable bonds is 5. The highest BCUT2D eigenvalue weighted by molar-refractivity contribution is 5.98. The van der Waals surface area contributed by atoms with Crippen molar-refractivity contribution < 1.29 is 9.72 Å². The molecule has 2 atom stereocenters. The third-order valence-electron chi connectivity index (χ3n) is 4.00. The number of nitro groups is 1. The topological polar surface area (TPSA) is 75.5 Å². The van der Waals surface area contributed by atoms with Crippen LogP contribution in [0.25, 0.3) is 0 Å². The summed E-state index contributed by atoms with van der Waals surface area (Å²) in [6.07, 6.45) is 2.44. The van der Waals surface area contributed by atoms with Crippen LogP contribution in [0.4, 0.5) is 5.69 Å². The number of carbonyl (C=O) groups is 1. The van der Waals surface area contributed by atoms with Crippen molar-refractivity contribution in [1.29, 1.82) is 0 Å². The Hall–Kier alpha value is -1.95. The molecule has 1 amide bonds. The summed E-state index contributed by atoms with van der Waals surface area (Å²) < 4.78 is 0. The van der Waals surface area contributed by atoms with Crippen molar-refractivity contribution in [2.75, 3.05) is 19.6 Å². The zero-order valence-electron chi connectivity index (χ0n) is 13.1. The Morgan fingerprint density at radius 3 is 2.91 bits per heavy atom. The largest absolute Gasteiger partial charge is 0.348 e. The monoisotopic (exact) mass is 305 g/mol. The molecule has 0 spiro atoms. The van der Waals surface area contributed by atoms with Gasteiger partial charge in [-0.3, -0.25) is 14.9 Å². The van der Waals surface area contributed by atoms with Crippen LogP contribution in [0.2, 0.25) is 0 Å². The Balaban J connectivity index is 1.95. The fourth-order valence-electron chi connectivity index (χ4n) is 3.01. The van der Waals surface area contributed by atoms with Crippen LogP contribution in [-0.4, -0.2) is 41.4 Å². The van der Waals surface area contributed by atoms with Crippen molar-refractivity contribution in [2.24, 2.45) is 5.92 Å². The zero-order valence-corrected chi connectivity index (χ0v) is 13.1. The van der Waals surface area contributed by atoms with E-state index in [2.05, 4.69) is 17.1 Å². The zero-order chi connectivity index (χ0) is 16.1. The first-order valence-electron chi connectivity index (χ1n) is 7.74. The maximum atomic E-state index is 12.3.